The Balaban J connectivity index is 1.59. The van der Waals surface area contributed by atoms with Gasteiger partial charge >= 0.3 is 0 Å². The zero-order chi connectivity index (χ0) is 17.8. The van der Waals surface area contributed by atoms with E-state index in [4.69, 9.17) is 5.73 Å². The van der Waals surface area contributed by atoms with E-state index in [0.29, 0.717) is 13.0 Å². The summed E-state index contributed by atoms with van der Waals surface area (Å²) < 4.78 is 0. The smallest absolute Gasteiger partial charge is 0.269 e. The van der Waals surface area contributed by atoms with Crippen molar-refractivity contribution in [3.05, 3.63) is 52.8 Å². The zero-order valence-electron chi connectivity index (χ0n) is 14.5. The molecule has 2 amide bonds. The number of carbonyl (C=O) groups excluding carboxylic acids is 2. The molecule has 1 unspecified atom stereocenters. The Morgan fingerprint density at radius 3 is 2.88 bits per heavy atom. The fourth-order valence-electron chi connectivity index (χ4n) is 3.42. The number of amides is 2. The second kappa shape index (κ2) is 7.51. The predicted molar refractivity (Wildman–Crippen MR) is 95.2 cm³/mol. The summed E-state index contributed by atoms with van der Waals surface area (Å²) in [6, 6.07) is 9.89. The molecule has 1 atom stereocenters. The molecule has 2 heterocycles. The van der Waals surface area contributed by atoms with Crippen molar-refractivity contribution >= 4 is 11.8 Å². The molecule has 3 rings (SSSR count). The molecule has 0 saturated carbocycles. The van der Waals surface area contributed by atoms with Crippen molar-refractivity contribution in [2.24, 2.45) is 5.73 Å². The van der Waals surface area contributed by atoms with Gasteiger partial charge in [-0.3, -0.25) is 14.7 Å². The molecule has 1 aliphatic rings. The highest BCUT2D eigenvalue weighted by molar-refractivity contribution is 5.90. The lowest BCUT2D eigenvalue weighted by Gasteiger charge is -2.32. The number of primary amides is 1. The lowest BCUT2D eigenvalue weighted by molar-refractivity contribution is -0.132. The van der Waals surface area contributed by atoms with Gasteiger partial charge in [0.15, 0.2) is 0 Å². The van der Waals surface area contributed by atoms with Crippen LogP contribution in [0.15, 0.2) is 30.3 Å². The van der Waals surface area contributed by atoms with Crippen LogP contribution in [0, 0.1) is 6.92 Å². The van der Waals surface area contributed by atoms with Gasteiger partial charge in [-0.15, -0.1) is 0 Å². The van der Waals surface area contributed by atoms with Crippen molar-refractivity contribution in [2.45, 2.75) is 38.5 Å². The molecule has 1 aromatic heterocycles. The first-order chi connectivity index (χ1) is 12.0. The molecule has 132 valence electrons. The standard InChI is InChI=1S/C19H24N4O2/c1-13-5-2-3-6-14(13)8-9-18(24)23-10-4-7-15(12-23)16-11-17(19(20)25)22-21-16/h2-3,5-6,11,15H,4,7-10,12H2,1H3,(H2,20,25)(H,21,22). The third kappa shape index (κ3) is 4.07. The molecule has 6 heteroatoms. The van der Waals surface area contributed by atoms with E-state index in [9.17, 15) is 9.59 Å². The normalized spacial score (nSPS) is 17.5. The predicted octanol–water partition coefficient (Wildman–Crippen LogP) is 2.16. The molecular weight excluding hydrogens is 316 g/mol. The second-order valence-corrected chi connectivity index (χ2v) is 6.68. The first-order valence-electron chi connectivity index (χ1n) is 8.72. The van der Waals surface area contributed by atoms with E-state index >= 15 is 0 Å². The molecule has 3 N–H and O–H groups in total. The maximum Gasteiger partial charge on any atom is 0.269 e. The molecule has 0 spiro atoms. The highest BCUT2D eigenvalue weighted by Crippen LogP contribution is 2.26. The summed E-state index contributed by atoms with van der Waals surface area (Å²) in [5.41, 5.74) is 8.83. The second-order valence-electron chi connectivity index (χ2n) is 6.68. The van der Waals surface area contributed by atoms with Crippen LogP contribution >= 0.6 is 0 Å². The quantitative estimate of drug-likeness (QED) is 0.873. The maximum absolute atomic E-state index is 12.6. The minimum atomic E-state index is -0.538. The minimum absolute atomic E-state index is 0.178. The summed E-state index contributed by atoms with van der Waals surface area (Å²) in [7, 11) is 0. The fraction of sp³-hybridized carbons (Fsp3) is 0.421. The van der Waals surface area contributed by atoms with Crippen LogP contribution in [0.25, 0.3) is 0 Å². The van der Waals surface area contributed by atoms with Gasteiger partial charge in [0.2, 0.25) is 5.91 Å². The molecule has 1 fully saturated rings. The van der Waals surface area contributed by atoms with Gasteiger partial charge in [0.1, 0.15) is 5.69 Å². The topological polar surface area (TPSA) is 92.1 Å². The summed E-state index contributed by atoms with van der Waals surface area (Å²) in [5, 5.41) is 6.84. The third-order valence-corrected chi connectivity index (χ3v) is 4.93. The van der Waals surface area contributed by atoms with Gasteiger partial charge in [0, 0.05) is 31.1 Å². The molecule has 25 heavy (non-hydrogen) atoms. The third-order valence-electron chi connectivity index (χ3n) is 4.93. The first-order valence-corrected chi connectivity index (χ1v) is 8.72. The number of aryl methyl sites for hydroxylation is 2. The number of aromatic amines is 1. The molecule has 1 saturated heterocycles. The summed E-state index contributed by atoms with van der Waals surface area (Å²) >= 11 is 0. The number of aromatic nitrogens is 2. The zero-order valence-corrected chi connectivity index (χ0v) is 14.5. The number of carbonyl (C=O) groups is 2. The number of piperidine rings is 1. The molecule has 0 bridgehead atoms. The Bertz CT molecular complexity index is 768. The number of rotatable bonds is 5. The molecule has 1 aliphatic heterocycles. The average molecular weight is 340 g/mol. The van der Waals surface area contributed by atoms with Crippen LogP contribution in [0.5, 0.6) is 0 Å². The summed E-state index contributed by atoms with van der Waals surface area (Å²) in [4.78, 5) is 25.7. The van der Waals surface area contributed by atoms with Gasteiger partial charge in [0.05, 0.1) is 0 Å². The Kier molecular flexibility index (Phi) is 5.16. The van der Waals surface area contributed by atoms with Gasteiger partial charge in [0.25, 0.3) is 5.91 Å². The van der Waals surface area contributed by atoms with Gasteiger partial charge in [-0.25, -0.2) is 0 Å². The molecule has 6 nitrogen and oxygen atoms in total. The van der Waals surface area contributed by atoms with E-state index < -0.39 is 5.91 Å². The van der Waals surface area contributed by atoms with Crippen LogP contribution in [0.1, 0.15) is 52.5 Å². The van der Waals surface area contributed by atoms with E-state index in [2.05, 4.69) is 29.3 Å². The van der Waals surface area contributed by atoms with Crippen molar-refractivity contribution < 1.29 is 9.59 Å². The lowest BCUT2D eigenvalue weighted by atomic mass is 9.94. The van der Waals surface area contributed by atoms with Gasteiger partial charge in [-0.2, -0.15) is 5.10 Å². The molecule has 0 radical (unpaired) electrons. The number of nitrogens with two attached hydrogens (primary N) is 1. The lowest BCUT2D eigenvalue weighted by Crippen LogP contribution is -2.39. The Morgan fingerprint density at radius 2 is 2.16 bits per heavy atom. The summed E-state index contributed by atoms with van der Waals surface area (Å²) in [6.45, 7) is 3.53. The fourth-order valence-corrected chi connectivity index (χ4v) is 3.42. The van der Waals surface area contributed by atoms with Crippen molar-refractivity contribution in [1.29, 1.82) is 0 Å². The van der Waals surface area contributed by atoms with Crippen LogP contribution in [-0.2, 0) is 11.2 Å². The van der Waals surface area contributed by atoms with Crippen LogP contribution in [0.2, 0.25) is 0 Å². The molecule has 1 aromatic carbocycles. The van der Waals surface area contributed by atoms with Crippen molar-refractivity contribution in [3.63, 3.8) is 0 Å². The minimum Gasteiger partial charge on any atom is -0.364 e. The van der Waals surface area contributed by atoms with Crippen molar-refractivity contribution in [2.75, 3.05) is 13.1 Å². The van der Waals surface area contributed by atoms with Crippen molar-refractivity contribution in [3.8, 4) is 0 Å². The summed E-state index contributed by atoms with van der Waals surface area (Å²) in [6.07, 6.45) is 3.21. The maximum atomic E-state index is 12.6. The molecular formula is C19H24N4O2. The summed E-state index contributed by atoms with van der Waals surface area (Å²) in [5.74, 6) is -0.177. The molecule has 0 aliphatic carbocycles. The monoisotopic (exact) mass is 340 g/mol. The van der Waals surface area contributed by atoms with E-state index in [0.717, 1.165) is 31.5 Å². The number of nitrogens with one attached hydrogen (secondary N) is 1. The Morgan fingerprint density at radius 1 is 1.36 bits per heavy atom. The number of H-pyrrole nitrogens is 1. The Hall–Kier alpha value is -2.63. The SMILES string of the molecule is Cc1ccccc1CCC(=O)N1CCCC(c2cc(C(N)=O)n[nH]2)C1. The van der Waals surface area contributed by atoms with Crippen molar-refractivity contribution in [1.82, 2.24) is 15.1 Å². The highest BCUT2D eigenvalue weighted by Gasteiger charge is 2.26. The number of hydrogen-bond donors (Lipinski definition) is 2. The average Bonchev–Trinajstić information content (AvgIpc) is 3.11. The Labute approximate surface area is 147 Å². The van der Waals surface area contributed by atoms with E-state index in [-0.39, 0.29) is 17.5 Å². The van der Waals surface area contributed by atoms with Crippen LogP contribution in [0.4, 0.5) is 0 Å². The van der Waals surface area contributed by atoms with Crippen LogP contribution in [-0.4, -0.2) is 40.0 Å². The molecule has 2 aromatic rings. The number of likely N-dealkylation sites (tertiary alicyclic amines) is 1. The number of benzene rings is 1. The van der Waals surface area contributed by atoms with Crippen LogP contribution in [0.3, 0.4) is 0 Å². The highest BCUT2D eigenvalue weighted by atomic mass is 16.2. The van der Waals surface area contributed by atoms with Crippen LogP contribution < -0.4 is 5.73 Å². The van der Waals surface area contributed by atoms with E-state index in [1.54, 1.807) is 6.07 Å². The largest absolute Gasteiger partial charge is 0.364 e. The van der Waals surface area contributed by atoms with Gasteiger partial charge in [-0.1, -0.05) is 24.3 Å². The van der Waals surface area contributed by atoms with E-state index in [1.807, 2.05) is 17.0 Å². The number of hydrogen-bond acceptors (Lipinski definition) is 3. The first kappa shape index (κ1) is 17.2. The van der Waals surface area contributed by atoms with E-state index in [1.165, 1.54) is 11.1 Å². The van der Waals surface area contributed by atoms with Gasteiger partial charge < -0.3 is 10.6 Å². The van der Waals surface area contributed by atoms with Gasteiger partial charge in [-0.05, 0) is 43.4 Å². The number of nitrogens with zero attached hydrogens (tertiary/aromatic N) is 2.